The molecule has 0 heterocycles. The van der Waals surface area contributed by atoms with Gasteiger partial charge >= 0.3 is 5.97 Å². The number of carbonyl (C=O) groups excluding carboxylic acids is 2. The average molecular weight is 477 g/mol. The molecule has 0 saturated carbocycles. The number of esters is 1. The largest absolute Gasteiger partial charge is 0.491 e. The van der Waals surface area contributed by atoms with Gasteiger partial charge in [0.15, 0.2) is 0 Å². The molecule has 0 saturated heterocycles. The second-order valence-corrected chi connectivity index (χ2v) is 6.40. The maximum Gasteiger partial charge on any atom is 0.313 e. The SMILES string of the molecule is CC(=O)Nc1ccc(OCCOCCOCCC(=O)Oc2c(F)c(F)c(F)c(F)c2F)cc1. The second kappa shape index (κ2) is 12.7. The van der Waals surface area contributed by atoms with Crippen molar-refractivity contribution in [2.45, 2.75) is 13.3 Å². The number of hydrogen-bond donors (Lipinski definition) is 1. The first-order chi connectivity index (χ1) is 15.7. The highest BCUT2D eigenvalue weighted by atomic mass is 19.2. The summed E-state index contributed by atoms with van der Waals surface area (Å²) in [5.41, 5.74) is 0.638. The molecule has 0 spiro atoms. The Kier molecular flexibility index (Phi) is 10.0. The van der Waals surface area contributed by atoms with Crippen LogP contribution in [-0.2, 0) is 19.1 Å². The molecule has 0 atom stereocenters. The molecule has 0 radical (unpaired) electrons. The van der Waals surface area contributed by atoms with Gasteiger partial charge in [-0.15, -0.1) is 0 Å². The predicted octanol–water partition coefficient (Wildman–Crippen LogP) is 3.75. The Morgan fingerprint density at radius 2 is 1.27 bits per heavy atom. The van der Waals surface area contributed by atoms with E-state index in [1.807, 2.05) is 0 Å². The number of halogens is 5. The lowest BCUT2D eigenvalue weighted by molar-refractivity contribution is -0.136. The number of nitrogens with one attached hydrogen (secondary N) is 1. The summed E-state index contributed by atoms with van der Waals surface area (Å²) in [7, 11) is 0. The maximum atomic E-state index is 13.5. The molecule has 0 unspecified atom stereocenters. The molecule has 2 aromatic rings. The summed E-state index contributed by atoms with van der Waals surface area (Å²) < 4.78 is 86.0. The molecular formula is C21H20F5NO6. The Bertz CT molecular complexity index is 942. The topological polar surface area (TPSA) is 83.1 Å². The molecule has 2 rings (SSSR count). The van der Waals surface area contributed by atoms with Crippen molar-refractivity contribution >= 4 is 17.6 Å². The number of hydrogen-bond acceptors (Lipinski definition) is 6. The van der Waals surface area contributed by atoms with E-state index in [0.717, 1.165) is 0 Å². The Labute approximate surface area is 185 Å². The molecule has 0 aliphatic rings. The fourth-order valence-electron chi connectivity index (χ4n) is 2.37. The zero-order valence-corrected chi connectivity index (χ0v) is 17.4. The van der Waals surface area contributed by atoms with Crippen LogP contribution in [0.5, 0.6) is 11.5 Å². The van der Waals surface area contributed by atoms with Gasteiger partial charge in [-0.2, -0.15) is 8.78 Å². The monoisotopic (exact) mass is 477 g/mol. The molecule has 12 heteroatoms. The molecule has 0 bridgehead atoms. The molecule has 0 aromatic heterocycles. The highest BCUT2D eigenvalue weighted by molar-refractivity contribution is 5.88. The van der Waals surface area contributed by atoms with E-state index in [4.69, 9.17) is 14.2 Å². The third kappa shape index (κ3) is 7.99. The van der Waals surface area contributed by atoms with Crippen molar-refractivity contribution in [3.8, 4) is 11.5 Å². The molecule has 180 valence electrons. The lowest BCUT2D eigenvalue weighted by Gasteiger charge is -2.10. The van der Waals surface area contributed by atoms with Gasteiger partial charge in [0, 0.05) is 12.6 Å². The zero-order chi connectivity index (χ0) is 24.4. The number of anilines is 1. The van der Waals surface area contributed by atoms with Crippen molar-refractivity contribution in [3.63, 3.8) is 0 Å². The minimum atomic E-state index is -2.35. The standard InChI is InChI=1S/C21H20F5NO6/c1-12(28)27-13-2-4-14(5-3-13)32-11-10-31-9-8-30-7-6-15(29)33-21-19(25)17(23)16(22)18(24)20(21)26/h2-5H,6-11H2,1H3,(H,27,28). The molecule has 1 N–H and O–H groups in total. The van der Waals surface area contributed by atoms with Crippen LogP contribution in [0.2, 0.25) is 0 Å². The highest BCUT2D eigenvalue weighted by Crippen LogP contribution is 2.29. The van der Waals surface area contributed by atoms with Crippen molar-refractivity contribution in [2.75, 3.05) is 38.4 Å². The molecule has 33 heavy (non-hydrogen) atoms. The van der Waals surface area contributed by atoms with Crippen molar-refractivity contribution in [2.24, 2.45) is 0 Å². The molecular weight excluding hydrogens is 457 g/mol. The van der Waals surface area contributed by atoms with Gasteiger partial charge in [0.1, 0.15) is 12.4 Å². The van der Waals surface area contributed by atoms with Crippen LogP contribution in [0.25, 0.3) is 0 Å². The van der Waals surface area contributed by atoms with Crippen LogP contribution < -0.4 is 14.8 Å². The van der Waals surface area contributed by atoms with Crippen molar-refractivity contribution in [1.82, 2.24) is 0 Å². The van der Waals surface area contributed by atoms with Crippen LogP contribution in [0.3, 0.4) is 0 Å². The van der Waals surface area contributed by atoms with E-state index in [9.17, 15) is 31.5 Å². The van der Waals surface area contributed by atoms with E-state index < -0.39 is 47.2 Å². The Morgan fingerprint density at radius 3 is 1.85 bits per heavy atom. The molecule has 0 aliphatic heterocycles. The van der Waals surface area contributed by atoms with Crippen LogP contribution in [0.1, 0.15) is 13.3 Å². The Balaban J connectivity index is 1.57. The van der Waals surface area contributed by atoms with E-state index >= 15 is 0 Å². The first-order valence-electron chi connectivity index (χ1n) is 9.58. The van der Waals surface area contributed by atoms with E-state index in [0.29, 0.717) is 11.4 Å². The van der Waals surface area contributed by atoms with Crippen LogP contribution in [0, 0.1) is 29.1 Å². The number of benzene rings is 2. The smallest absolute Gasteiger partial charge is 0.313 e. The minimum Gasteiger partial charge on any atom is -0.491 e. The third-order valence-corrected chi connectivity index (χ3v) is 3.88. The molecule has 2 aromatic carbocycles. The molecule has 1 amide bonds. The lowest BCUT2D eigenvalue weighted by atomic mass is 10.2. The van der Waals surface area contributed by atoms with Gasteiger partial charge in [0.25, 0.3) is 0 Å². The van der Waals surface area contributed by atoms with Crippen LogP contribution >= 0.6 is 0 Å². The molecule has 7 nitrogen and oxygen atoms in total. The Morgan fingerprint density at radius 1 is 0.758 bits per heavy atom. The minimum absolute atomic E-state index is 0.0707. The summed E-state index contributed by atoms with van der Waals surface area (Å²) >= 11 is 0. The van der Waals surface area contributed by atoms with Gasteiger partial charge < -0.3 is 24.3 Å². The predicted molar refractivity (Wildman–Crippen MR) is 104 cm³/mol. The fourth-order valence-corrected chi connectivity index (χ4v) is 2.37. The third-order valence-electron chi connectivity index (χ3n) is 3.88. The first-order valence-corrected chi connectivity index (χ1v) is 9.58. The average Bonchev–Trinajstić information content (AvgIpc) is 2.79. The summed E-state index contributed by atoms with van der Waals surface area (Å²) in [6.45, 7) is 1.87. The van der Waals surface area contributed by atoms with Gasteiger partial charge in [0.2, 0.25) is 40.7 Å². The number of ether oxygens (including phenoxy) is 4. The highest BCUT2D eigenvalue weighted by Gasteiger charge is 2.28. The second-order valence-electron chi connectivity index (χ2n) is 6.40. The van der Waals surface area contributed by atoms with Crippen molar-refractivity contribution in [3.05, 3.63) is 53.4 Å². The number of rotatable bonds is 12. The maximum absolute atomic E-state index is 13.5. The lowest BCUT2D eigenvalue weighted by Crippen LogP contribution is -2.16. The van der Waals surface area contributed by atoms with Crippen LogP contribution in [-0.4, -0.2) is 44.9 Å². The summed E-state index contributed by atoms with van der Waals surface area (Å²) in [5.74, 6) is -13.7. The summed E-state index contributed by atoms with van der Waals surface area (Å²) in [6, 6.07) is 6.73. The van der Waals surface area contributed by atoms with Crippen LogP contribution in [0.15, 0.2) is 24.3 Å². The number of amides is 1. The quantitative estimate of drug-likeness (QED) is 0.125. The van der Waals surface area contributed by atoms with Gasteiger partial charge in [0.05, 0.1) is 32.8 Å². The van der Waals surface area contributed by atoms with Crippen molar-refractivity contribution in [1.29, 1.82) is 0 Å². The molecule has 0 aliphatic carbocycles. The summed E-state index contributed by atoms with van der Waals surface area (Å²) in [5, 5.41) is 2.62. The van der Waals surface area contributed by atoms with E-state index in [-0.39, 0.29) is 38.9 Å². The normalized spacial score (nSPS) is 10.7. The van der Waals surface area contributed by atoms with Gasteiger partial charge in [-0.05, 0) is 24.3 Å². The van der Waals surface area contributed by atoms with Crippen LogP contribution in [0.4, 0.5) is 27.6 Å². The van der Waals surface area contributed by atoms with E-state index in [2.05, 4.69) is 10.1 Å². The number of carbonyl (C=O) groups is 2. The fraction of sp³-hybridized carbons (Fsp3) is 0.333. The van der Waals surface area contributed by atoms with E-state index in [1.165, 1.54) is 6.92 Å². The van der Waals surface area contributed by atoms with Gasteiger partial charge in [-0.25, -0.2) is 13.2 Å². The molecule has 0 fully saturated rings. The van der Waals surface area contributed by atoms with E-state index in [1.54, 1.807) is 24.3 Å². The summed E-state index contributed by atoms with van der Waals surface area (Å²) in [4.78, 5) is 22.5. The Hall–Kier alpha value is -3.25. The van der Waals surface area contributed by atoms with Gasteiger partial charge in [-0.3, -0.25) is 9.59 Å². The first kappa shape index (κ1) is 26.0. The van der Waals surface area contributed by atoms with Crippen molar-refractivity contribution < 1.29 is 50.5 Å². The summed E-state index contributed by atoms with van der Waals surface area (Å²) in [6.07, 6.45) is -0.489. The zero-order valence-electron chi connectivity index (χ0n) is 17.4. The van der Waals surface area contributed by atoms with Gasteiger partial charge in [-0.1, -0.05) is 0 Å².